The molecule has 0 fully saturated rings. The van der Waals surface area contributed by atoms with E-state index < -0.39 is 22.0 Å². The van der Waals surface area contributed by atoms with Gasteiger partial charge in [0.15, 0.2) is 0 Å². The topological polar surface area (TPSA) is 72.5 Å². The summed E-state index contributed by atoms with van der Waals surface area (Å²) in [7, 11) is -3.75. The Kier molecular flexibility index (Phi) is 6.94. The number of carbonyl (C=O) groups excluding carboxylic acids is 1. The summed E-state index contributed by atoms with van der Waals surface area (Å²) in [5, 5.41) is 0. The molecule has 2 aromatic rings. The van der Waals surface area contributed by atoms with Crippen LogP contribution in [-0.2, 0) is 19.6 Å². The molecule has 26 heavy (non-hydrogen) atoms. The Morgan fingerprint density at radius 1 is 1.08 bits per heavy atom. The van der Waals surface area contributed by atoms with E-state index in [-0.39, 0.29) is 23.8 Å². The number of nitrogens with one attached hydrogen (secondary N) is 1. The number of esters is 1. The smallest absolute Gasteiger partial charge is 0.307 e. The van der Waals surface area contributed by atoms with Crippen LogP contribution in [0.4, 0.5) is 0 Å². The molecule has 0 amide bonds. The number of ether oxygens (including phenoxy) is 1. The van der Waals surface area contributed by atoms with Crippen LogP contribution >= 0.6 is 0 Å². The molecule has 140 valence electrons. The summed E-state index contributed by atoms with van der Waals surface area (Å²) in [6.07, 6.45) is -0.0327. The van der Waals surface area contributed by atoms with E-state index in [4.69, 9.17) is 4.74 Å². The van der Waals surface area contributed by atoms with E-state index in [1.807, 2.05) is 44.2 Å². The molecule has 6 heteroatoms. The molecule has 0 aromatic heterocycles. The molecule has 5 nitrogen and oxygen atoms in total. The minimum absolute atomic E-state index is 0.0327. The van der Waals surface area contributed by atoms with E-state index in [0.29, 0.717) is 0 Å². The van der Waals surface area contributed by atoms with Crippen LogP contribution in [0.15, 0.2) is 59.5 Å². The molecule has 2 unspecified atom stereocenters. The lowest BCUT2D eigenvalue weighted by atomic mass is 9.92. The van der Waals surface area contributed by atoms with E-state index in [0.717, 1.165) is 11.1 Å². The van der Waals surface area contributed by atoms with Crippen LogP contribution in [-0.4, -0.2) is 27.0 Å². The first-order valence-corrected chi connectivity index (χ1v) is 10.1. The monoisotopic (exact) mass is 375 g/mol. The zero-order valence-electron chi connectivity index (χ0n) is 15.3. The molecule has 0 heterocycles. The third kappa shape index (κ3) is 5.41. The highest BCUT2D eigenvalue weighted by atomic mass is 32.2. The van der Waals surface area contributed by atoms with Crippen LogP contribution in [0, 0.1) is 6.92 Å². The molecule has 0 bridgehead atoms. The lowest BCUT2D eigenvalue weighted by Gasteiger charge is -2.25. The lowest BCUT2D eigenvalue weighted by molar-refractivity contribution is -0.143. The van der Waals surface area contributed by atoms with Crippen LogP contribution in [0.5, 0.6) is 0 Å². The van der Waals surface area contributed by atoms with E-state index in [1.165, 1.54) is 0 Å². The van der Waals surface area contributed by atoms with Crippen LogP contribution in [0.1, 0.15) is 37.3 Å². The summed E-state index contributed by atoms with van der Waals surface area (Å²) in [5.41, 5.74) is 1.93. The summed E-state index contributed by atoms with van der Waals surface area (Å²) in [5.74, 6) is -0.618. The molecule has 0 aliphatic carbocycles. The Morgan fingerprint density at radius 3 is 2.27 bits per heavy atom. The molecule has 0 aliphatic rings. The number of rotatable bonds is 8. The third-order valence-corrected chi connectivity index (χ3v) is 5.76. The van der Waals surface area contributed by atoms with Gasteiger partial charge >= 0.3 is 5.97 Å². The highest BCUT2D eigenvalue weighted by molar-refractivity contribution is 7.89. The summed E-state index contributed by atoms with van der Waals surface area (Å²) in [6.45, 7) is 5.78. The van der Waals surface area contributed by atoms with Crippen molar-refractivity contribution in [3.8, 4) is 0 Å². The van der Waals surface area contributed by atoms with E-state index in [2.05, 4.69) is 4.72 Å². The quantitative estimate of drug-likeness (QED) is 0.718. The Morgan fingerprint density at radius 2 is 1.69 bits per heavy atom. The van der Waals surface area contributed by atoms with Crippen molar-refractivity contribution in [3.05, 3.63) is 65.7 Å². The number of carbonyl (C=O) groups is 1. The molecule has 0 spiro atoms. The van der Waals surface area contributed by atoms with Gasteiger partial charge in [-0.25, -0.2) is 13.1 Å². The first kappa shape index (κ1) is 20.1. The second-order valence-corrected chi connectivity index (χ2v) is 7.96. The van der Waals surface area contributed by atoms with Gasteiger partial charge in [-0.3, -0.25) is 4.79 Å². The normalized spacial score (nSPS) is 13.8. The summed E-state index contributed by atoms with van der Waals surface area (Å²) in [4.78, 5) is 12.2. The molecule has 1 N–H and O–H groups in total. The summed E-state index contributed by atoms with van der Waals surface area (Å²) < 4.78 is 33.2. The minimum Gasteiger partial charge on any atom is -0.466 e. The largest absolute Gasteiger partial charge is 0.466 e. The predicted octanol–water partition coefficient (Wildman–Crippen LogP) is 3.40. The van der Waals surface area contributed by atoms with Crippen molar-refractivity contribution >= 4 is 16.0 Å². The zero-order valence-corrected chi connectivity index (χ0v) is 16.1. The summed E-state index contributed by atoms with van der Waals surface area (Å²) >= 11 is 0. The maximum atomic E-state index is 12.8. The average molecular weight is 375 g/mol. The molecular weight excluding hydrogens is 350 g/mol. The van der Waals surface area contributed by atoms with Crippen molar-refractivity contribution in [2.75, 3.05) is 6.61 Å². The maximum absolute atomic E-state index is 12.8. The number of hydrogen-bond donors (Lipinski definition) is 1. The van der Waals surface area contributed by atoms with E-state index in [9.17, 15) is 13.2 Å². The SMILES string of the molecule is CCOC(=O)CC(NS(=O)(=O)c1ccc(C)cc1)C(C)c1ccccc1. The Bertz CT molecular complexity index is 817. The summed E-state index contributed by atoms with van der Waals surface area (Å²) in [6, 6.07) is 15.5. The van der Waals surface area contributed by atoms with Gasteiger partial charge in [0.1, 0.15) is 0 Å². The number of benzene rings is 2. The second kappa shape index (κ2) is 8.96. The third-order valence-electron chi connectivity index (χ3n) is 4.26. The van der Waals surface area contributed by atoms with Gasteiger partial charge in [-0.2, -0.15) is 0 Å². The van der Waals surface area contributed by atoms with Crippen molar-refractivity contribution in [2.45, 2.75) is 44.0 Å². The van der Waals surface area contributed by atoms with Crippen molar-refractivity contribution in [1.29, 1.82) is 0 Å². The fraction of sp³-hybridized carbons (Fsp3) is 0.350. The molecule has 2 aromatic carbocycles. The Labute approximate surface area is 155 Å². The highest BCUT2D eigenvalue weighted by Crippen LogP contribution is 2.23. The first-order valence-electron chi connectivity index (χ1n) is 8.63. The standard InChI is InChI=1S/C20H25NO4S/c1-4-25-20(22)14-19(16(3)17-8-6-5-7-9-17)21-26(23,24)18-12-10-15(2)11-13-18/h5-13,16,19,21H,4,14H2,1-3H3. The first-order chi connectivity index (χ1) is 12.3. The van der Waals surface area contributed by atoms with Crippen molar-refractivity contribution < 1.29 is 17.9 Å². The van der Waals surface area contributed by atoms with Gasteiger partial charge in [-0.15, -0.1) is 0 Å². The highest BCUT2D eigenvalue weighted by Gasteiger charge is 2.28. The molecule has 2 rings (SSSR count). The Balaban J connectivity index is 2.28. The fourth-order valence-corrected chi connectivity index (χ4v) is 4.01. The fourth-order valence-electron chi connectivity index (χ4n) is 2.69. The van der Waals surface area contributed by atoms with Gasteiger partial charge < -0.3 is 4.74 Å². The Hall–Kier alpha value is -2.18. The van der Waals surface area contributed by atoms with Gasteiger partial charge in [-0.1, -0.05) is 55.0 Å². The lowest BCUT2D eigenvalue weighted by Crippen LogP contribution is -2.40. The van der Waals surface area contributed by atoms with Gasteiger partial charge in [0.25, 0.3) is 0 Å². The number of hydrogen-bond acceptors (Lipinski definition) is 4. The molecule has 0 saturated heterocycles. The average Bonchev–Trinajstić information content (AvgIpc) is 2.61. The predicted molar refractivity (Wildman–Crippen MR) is 101 cm³/mol. The number of sulfonamides is 1. The molecule has 0 aliphatic heterocycles. The minimum atomic E-state index is -3.75. The molecular formula is C20H25NO4S. The molecule has 0 saturated carbocycles. The van der Waals surface area contributed by atoms with E-state index >= 15 is 0 Å². The van der Waals surface area contributed by atoms with E-state index in [1.54, 1.807) is 31.2 Å². The maximum Gasteiger partial charge on any atom is 0.307 e. The molecule has 0 radical (unpaired) electrons. The van der Waals surface area contributed by atoms with Crippen molar-refractivity contribution in [1.82, 2.24) is 4.72 Å². The van der Waals surface area contributed by atoms with Gasteiger partial charge in [-0.05, 0) is 37.5 Å². The zero-order chi connectivity index (χ0) is 19.2. The second-order valence-electron chi connectivity index (χ2n) is 6.25. The van der Waals surface area contributed by atoms with Crippen LogP contribution in [0.25, 0.3) is 0 Å². The number of aryl methyl sites for hydroxylation is 1. The van der Waals surface area contributed by atoms with Gasteiger partial charge in [0.05, 0.1) is 17.9 Å². The van der Waals surface area contributed by atoms with Crippen molar-refractivity contribution in [2.24, 2.45) is 0 Å². The van der Waals surface area contributed by atoms with Gasteiger partial charge in [0, 0.05) is 6.04 Å². The van der Waals surface area contributed by atoms with Gasteiger partial charge in [0.2, 0.25) is 10.0 Å². The molecule has 2 atom stereocenters. The van der Waals surface area contributed by atoms with Crippen LogP contribution < -0.4 is 4.72 Å². The van der Waals surface area contributed by atoms with Crippen molar-refractivity contribution in [3.63, 3.8) is 0 Å². The van der Waals surface area contributed by atoms with Crippen LogP contribution in [0.2, 0.25) is 0 Å². The van der Waals surface area contributed by atoms with Crippen LogP contribution in [0.3, 0.4) is 0 Å².